The summed E-state index contributed by atoms with van der Waals surface area (Å²) in [6.07, 6.45) is 0. The number of benzene rings is 2. The molecule has 0 fully saturated rings. The van der Waals surface area contributed by atoms with Crippen LogP contribution < -0.4 is 25.4 Å². The molecule has 0 saturated carbocycles. The molecule has 1 aromatic heterocycles. The maximum Gasteiger partial charge on any atom is 0.234 e. The van der Waals surface area contributed by atoms with Crippen LogP contribution in [0.5, 0.6) is 17.2 Å². The van der Waals surface area contributed by atoms with Crippen molar-refractivity contribution in [1.82, 2.24) is 14.9 Å². The van der Waals surface area contributed by atoms with Crippen molar-refractivity contribution in [3.05, 3.63) is 54.1 Å². The van der Waals surface area contributed by atoms with Crippen molar-refractivity contribution in [1.29, 1.82) is 0 Å². The molecule has 30 heavy (non-hydrogen) atoms. The topological polar surface area (TPSA) is 114 Å². The second kappa shape index (κ2) is 8.91. The highest BCUT2D eigenvalue weighted by molar-refractivity contribution is 7.99. The number of carbonyl (C=O) groups is 1. The van der Waals surface area contributed by atoms with E-state index in [0.717, 1.165) is 11.8 Å². The number of hydrogen-bond acceptors (Lipinski definition) is 8. The van der Waals surface area contributed by atoms with Crippen molar-refractivity contribution in [3.8, 4) is 17.2 Å². The fourth-order valence-corrected chi connectivity index (χ4v) is 3.33. The zero-order valence-electron chi connectivity index (χ0n) is 15.7. The Morgan fingerprint density at radius 3 is 2.83 bits per heavy atom. The van der Waals surface area contributed by atoms with Gasteiger partial charge in [-0.3, -0.25) is 4.79 Å². The van der Waals surface area contributed by atoms with E-state index < -0.39 is 5.82 Å². The monoisotopic (exact) mass is 431 g/mol. The van der Waals surface area contributed by atoms with Gasteiger partial charge < -0.3 is 25.4 Å². The van der Waals surface area contributed by atoms with Crippen molar-refractivity contribution >= 4 is 23.4 Å². The van der Waals surface area contributed by atoms with Gasteiger partial charge in [-0.25, -0.2) is 9.07 Å². The molecule has 0 spiro atoms. The lowest BCUT2D eigenvalue weighted by molar-refractivity contribution is -0.113. The van der Waals surface area contributed by atoms with Crippen molar-refractivity contribution < 1.29 is 23.4 Å². The SMILES string of the molecule is Nn1c(COc2ccccc2F)nnc1SCC(=O)Nc1ccc2c(c1)OCCO2. The third-order valence-corrected chi connectivity index (χ3v) is 5.03. The lowest BCUT2D eigenvalue weighted by atomic mass is 10.2. The molecule has 4 rings (SSSR count). The predicted octanol–water partition coefficient (Wildman–Crippen LogP) is 2.21. The third kappa shape index (κ3) is 4.57. The smallest absolute Gasteiger partial charge is 0.234 e. The lowest BCUT2D eigenvalue weighted by Gasteiger charge is -2.18. The van der Waals surface area contributed by atoms with Crippen LogP contribution in [0.3, 0.4) is 0 Å². The standard InChI is InChI=1S/C19H18FN5O4S/c20-13-3-1-2-4-14(13)29-10-17-23-24-19(25(17)21)30-11-18(26)22-12-5-6-15-16(9-12)28-8-7-27-15/h1-6,9H,7-8,10-11,21H2,(H,22,26). The summed E-state index contributed by atoms with van der Waals surface area (Å²) in [4.78, 5) is 12.3. The number of hydrogen-bond donors (Lipinski definition) is 2. The van der Waals surface area contributed by atoms with Gasteiger partial charge in [-0.05, 0) is 24.3 Å². The van der Waals surface area contributed by atoms with Crippen molar-refractivity contribution in [3.63, 3.8) is 0 Å². The van der Waals surface area contributed by atoms with E-state index in [1.54, 1.807) is 30.3 Å². The number of rotatable bonds is 7. The summed E-state index contributed by atoms with van der Waals surface area (Å²) < 4.78 is 31.2. The third-order valence-electron chi connectivity index (χ3n) is 4.09. The minimum absolute atomic E-state index is 0.0611. The van der Waals surface area contributed by atoms with Gasteiger partial charge >= 0.3 is 0 Å². The number of nitrogens with one attached hydrogen (secondary N) is 1. The normalized spacial score (nSPS) is 12.4. The molecule has 0 bridgehead atoms. The van der Waals surface area contributed by atoms with Crippen molar-refractivity contribution in [2.45, 2.75) is 11.8 Å². The fraction of sp³-hybridized carbons (Fsp3) is 0.211. The molecule has 0 aliphatic carbocycles. The molecule has 1 aliphatic rings. The Bertz CT molecular complexity index is 1060. The fourth-order valence-electron chi connectivity index (χ4n) is 2.66. The molecular formula is C19H18FN5O4S. The first-order chi connectivity index (χ1) is 14.6. The number of aromatic nitrogens is 3. The van der Waals surface area contributed by atoms with E-state index in [2.05, 4.69) is 15.5 Å². The number of amides is 1. The van der Waals surface area contributed by atoms with E-state index >= 15 is 0 Å². The van der Waals surface area contributed by atoms with E-state index in [0.29, 0.717) is 41.4 Å². The van der Waals surface area contributed by atoms with Gasteiger partial charge in [0.1, 0.15) is 19.8 Å². The Labute approximate surface area is 175 Å². The van der Waals surface area contributed by atoms with E-state index in [1.165, 1.54) is 16.8 Å². The largest absolute Gasteiger partial charge is 0.486 e. The van der Waals surface area contributed by atoms with Crippen LogP contribution in [0.25, 0.3) is 0 Å². The summed E-state index contributed by atoms with van der Waals surface area (Å²) in [5.41, 5.74) is 0.595. The first-order valence-corrected chi connectivity index (χ1v) is 9.98. The maximum absolute atomic E-state index is 13.6. The summed E-state index contributed by atoms with van der Waals surface area (Å²) in [5.74, 6) is 6.93. The summed E-state index contributed by atoms with van der Waals surface area (Å²) in [6, 6.07) is 11.2. The molecule has 0 radical (unpaired) electrons. The second-order valence-electron chi connectivity index (χ2n) is 6.18. The van der Waals surface area contributed by atoms with Crippen LogP contribution in [0.1, 0.15) is 5.82 Å². The first kappa shape index (κ1) is 19.8. The Kier molecular flexibility index (Phi) is 5.89. The van der Waals surface area contributed by atoms with Crippen LogP contribution in [0.15, 0.2) is 47.6 Å². The molecule has 156 valence electrons. The van der Waals surface area contributed by atoms with Gasteiger partial charge in [0.2, 0.25) is 11.1 Å². The number of ether oxygens (including phenoxy) is 3. The van der Waals surface area contributed by atoms with Gasteiger partial charge in [-0.1, -0.05) is 23.9 Å². The molecule has 1 amide bonds. The van der Waals surface area contributed by atoms with Crippen LogP contribution in [0.4, 0.5) is 10.1 Å². The zero-order chi connectivity index (χ0) is 20.9. The molecule has 9 nitrogen and oxygen atoms in total. The molecule has 0 atom stereocenters. The Hall–Kier alpha value is -3.47. The van der Waals surface area contributed by atoms with Crippen molar-refractivity contribution in [2.75, 3.05) is 30.1 Å². The number of nitrogens with zero attached hydrogens (tertiary/aromatic N) is 3. The summed E-state index contributed by atoms with van der Waals surface area (Å²) in [6.45, 7) is 0.909. The quantitative estimate of drug-likeness (QED) is 0.432. The van der Waals surface area contributed by atoms with E-state index in [9.17, 15) is 9.18 Å². The highest BCUT2D eigenvalue weighted by Crippen LogP contribution is 2.32. The number of nitrogen functional groups attached to an aromatic ring is 1. The number of carbonyl (C=O) groups excluding carboxylic acids is 1. The Balaban J connectivity index is 1.30. The molecule has 0 unspecified atom stereocenters. The average molecular weight is 431 g/mol. The van der Waals surface area contributed by atoms with Gasteiger partial charge in [0.25, 0.3) is 0 Å². The number of nitrogens with two attached hydrogens (primary N) is 1. The van der Waals surface area contributed by atoms with Crippen LogP contribution >= 0.6 is 11.8 Å². The maximum atomic E-state index is 13.6. The zero-order valence-corrected chi connectivity index (χ0v) is 16.5. The van der Waals surface area contributed by atoms with E-state index in [4.69, 9.17) is 20.1 Å². The number of halogens is 1. The molecule has 2 aromatic carbocycles. The lowest BCUT2D eigenvalue weighted by Crippen LogP contribution is -2.18. The Morgan fingerprint density at radius 2 is 2.00 bits per heavy atom. The van der Waals surface area contributed by atoms with Gasteiger partial charge in [-0.15, -0.1) is 10.2 Å². The average Bonchev–Trinajstić information content (AvgIpc) is 3.11. The van der Waals surface area contributed by atoms with Gasteiger partial charge in [0.05, 0.1) is 5.75 Å². The molecule has 2 heterocycles. The predicted molar refractivity (Wildman–Crippen MR) is 108 cm³/mol. The minimum Gasteiger partial charge on any atom is -0.486 e. The molecule has 1 aliphatic heterocycles. The summed E-state index contributed by atoms with van der Waals surface area (Å²) in [5, 5.41) is 11.0. The minimum atomic E-state index is -0.481. The summed E-state index contributed by atoms with van der Waals surface area (Å²) in [7, 11) is 0. The van der Waals surface area contributed by atoms with Gasteiger partial charge in [0.15, 0.2) is 28.9 Å². The molecule has 3 aromatic rings. The second-order valence-corrected chi connectivity index (χ2v) is 7.13. The number of thioether (sulfide) groups is 1. The van der Waals surface area contributed by atoms with E-state index in [1.807, 2.05) is 0 Å². The summed E-state index contributed by atoms with van der Waals surface area (Å²) >= 11 is 1.12. The molecular weight excluding hydrogens is 413 g/mol. The van der Waals surface area contributed by atoms with E-state index in [-0.39, 0.29) is 24.0 Å². The number of para-hydroxylation sites is 1. The highest BCUT2D eigenvalue weighted by Gasteiger charge is 2.15. The highest BCUT2D eigenvalue weighted by atomic mass is 32.2. The molecule has 11 heteroatoms. The van der Waals surface area contributed by atoms with Crippen LogP contribution in [-0.2, 0) is 11.4 Å². The Morgan fingerprint density at radius 1 is 1.20 bits per heavy atom. The van der Waals surface area contributed by atoms with Crippen molar-refractivity contribution in [2.24, 2.45) is 0 Å². The first-order valence-electron chi connectivity index (χ1n) is 8.99. The van der Waals surface area contributed by atoms with Crippen LogP contribution in [-0.4, -0.2) is 39.7 Å². The van der Waals surface area contributed by atoms with Gasteiger partial charge in [0, 0.05) is 11.8 Å². The molecule has 0 saturated heterocycles. The number of anilines is 1. The van der Waals surface area contributed by atoms with Crippen LogP contribution in [0, 0.1) is 5.82 Å². The molecule has 3 N–H and O–H groups in total. The van der Waals surface area contributed by atoms with Crippen LogP contribution in [0.2, 0.25) is 0 Å². The number of fused-ring (bicyclic) bond motifs is 1. The van der Waals surface area contributed by atoms with Gasteiger partial charge in [-0.2, -0.15) is 0 Å².